The lowest BCUT2D eigenvalue weighted by molar-refractivity contribution is -0.128. The second-order valence-electron chi connectivity index (χ2n) is 4.70. The predicted octanol–water partition coefficient (Wildman–Crippen LogP) is 1.98. The van der Waals surface area contributed by atoms with Crippen LogP contribution in [0.3, 0.4) is 0 Å². The maximum atomic E-state index is 11.9. The molecular weight excluding hydrogens is 280 g/mol. The third kappa shape index (κ3) is 2.31. The number of likely N-dealkylation sites (tertiary alicyclic amines) is 1. The summed E-state index contributed by atoms with van der Waals surface area (Å²) in [6, 6.07) is 3.14. The number of hydrogen-bond donors (Lipinski definition) is 1. The van der Waals surface area contributed by atoms with Gasteiger partial charge in [0, 0.05) is 19.0 Å². The van der Waals surface area contributed by atoms with E-state index in [-0.39, 0.29) is 18.0 Å². The molecule has 0 bridgehead atoms. The van der Waals surface area contributed by atoms with Crippen LogP contribution in [-0.2, 0) is 4.79 Å². The Bertz CT molecular complexity index is 521. The van der Waals surface area contributed by atoms with E-state index in [9.17, 15) is 4.79 Å². The van der Waals surface area contributed by atoms with Crippen molar-refractivity contribution in [3.63, 3.8) is 0 Å². The molecule has 0 radical (unpaired) electrons. The molecule has 2 unspecified atom stereocenters. The number of nitrogens with zero attached hydrogens (tertiary/aromatic N) is 1. The molecule has 1 fully saturated rings. The van der Waals surface area contributed by atoms with Crippen LogP contribution in [0.5, 0.6) is 11.5 Å². The molecule has 1 amide bonds. The number of rotatable bonds is 4. The van der Waals surface area contributed by atoms with Gasteiger partial charge in [-0.15, -0.1) is 0 Å². The number of carbonyl (C=O) groups is 1. The highest BCUT2D eigenvalue weighted by atomic mass is 35.5. The van der Waals surface area contributed by atoms with E-state index in [0.717, 1.165) is 5.56 Å². The van der Waals surface area contributed by atoms with E-state index in [2.05, 4.69) is 0 Å². The van der Waals surface area contributed by atoms with Crippen molar-refractivity contribution in [1.29, 1.82) is 0 Å². The van der Waals surface area contributed by atoms with Crippen LogP contribution in [0.1, 0.15) is 24.9 Å². The molecule has 1 aliphatic heterocycles. The number of ether oxygens (including phenoxy) is 2. The zero-order chi connectivity index (χ0) is 14.9. The normalized spacial score (nSPS) is 22.2. The van der Waals surface area contributed by atoms with E-state index >= 15 is 0 Å². The summed E-state index contributed by atoms with van der Waals surface area (Å²) in [4.78, 5) is 13.7. The average molecular weight is 299 g/mol. The SMILES string of the molecule is CCN1C(=O)CC(N)C1c1ccc(OC)c(OC)c1Cl. The van der Waals surface area contributed by atoms with Crippen molar-refractivity contribution >= 4 is 17.5 Å². The summed E-state index contributed by atoms with van der Waals surface area (Å²) in [6.07, 6.45) is 0.336. The highest BCUT2D eigenvalue weighted by molar-refractivity contribution is 6.33. The van der Waals surface area contributed by atoms with Crippen molar-refractivity contribution in [3.05, 3.63) is 22.7 Å². The van der Waals surface area contributed by atoms with Crippen LogP contribution in [0.25, 0.3) is 0 Å². The average Bonchev–Trinajstić information content (AvgIpc) is 2.72. The molecular formula is C14H19ClN2O3. The van der Waals surface area contributed by atoms with E-state index in [1.165, 1.54) is 7.11 Å². The number of amides is 1. The molecule has 2 N–H and O–H groups in total. The van der Waals surface area contributed by atoms with Crippen LogP contribution in [-0.4, -0.2) is 37.6 Å². The van der Waals surface area contributed by atoms with Gasteiger partial charge < -0.3 is 20.1 Å². The highest BCUT2D eigenvalue weighted by Gasteiger charge is 2.39. The third-order valence-electron chi connectivity index (χ3n) is 3.65. The van der Waals surface area contributed by atoms with Gasteiger partial charge in [-0.2, -0.15) is 0 Å². The molecule has 2 atom stereocenters. The molecule has 2 rings (SSSR count). The summed E-state index contributed by atoms with van der Waals surface area (Å²) in [5.41, 5.74) is 6.90. The number of likely N-dealkylation sites (N-methyl/N-ethyl adjacent to an activating group) is 1. The maximum Gasteiger partial charge on any atom is 0.224 e. The predicted molar refractivity (Wildman–Crippen MR) is 77.3 cm³/mol. The molecule has 0 aromatic heterocycles. The van der Waals surface area contributed by atoms with Crippen molar-refractivity contribution in [3.8, 4) is 11.5 Å². The fraction of sp³-hybridized carbons (Fsp3) is 0.500. The van der Waals surface area contributed by atoms with Gasteiger partial charge in [-0.1, -0.05) is 17.7 Å². The molecule has 20 heavy (non-hydrogen) atoms. The van der Waals surface area contributed by atoms with Crippen molar-refractivity contribution in [1.82, 2.24) is 4.90 Å². The number of methoxy groups -OCH3 is 2. The molecule has 1 aromatic rings. The summed E-state index contributed by atoms with van der Waals surface area (Å²) in [7, 11) is 3.09. The third-order valence-corrected chi connectivity index (χ3v) is 4.04. The van der Waals surface area contributed by atoms with Gasteiger partial charge in [-0.05, 0) is 18.6 Å². The van der Waals surface area contributed by atoms with E-state index < -0.39 is 0 Å². The fourth-order valence-corrected chi connectivity index (χ4v) is 3.07. The first-order chi connectivity index (χ1) is 9.54. The highest BCUT2D eigenvalue weighted by Crippen LogP contribution is 2.43. The van der Waals surface area contributed by atoms with Crippen LogP contribution in [0, 0.1) is 0 Å². The zero-order valence-electron chi connectivity index (χ0n) is 11.9. The summed E-state index contributed by atoms with van der Waals surface area (Å²) >= 11 is 6.41. The minimum absolute atomic E-state index is 0.0517. The van der Waals surface area contributed by atoms with Crippen LogP contribution in [0.4, 0.5) is 0 Å². The largest absolute Gasteiger partial charge is 0.493 e. The molecule has 1 aromatic carbocycles. The number of nitrogens with two attached hydrogens (primary N) is 1. The van der Waals surface area contributed by atoms with E-state index in [1.54, 1.807) is 18.1 Å². The quantitative estimate of drug-likeness (QED) is 0.923. The summed E-state index contributed by atoms with van der Waals surface area (Å²) in [6.45, 7) is 2.53. The van der Waals surface area contributed by atoms with Crippen molar-refractivity contribution in [2.24, 2.45) is 5.73 Å². The lowest BCUT2D eigenvalue weighted by Gasteiger charge is -2.27. The molecule has 1 heterocycles. The molecule has 6 heteroatoms. The topological polar surface area (TPSA) is 64.8 Å². The van der Waals surface area contributed by atoms with Crippen molar-refractivity contribution in [2.45, 2.75) is 25.4 Å². The standard InChI is InChI=1S/C14H19ClN2O3/c1-4-17-11(18)7-9(16)13(17)8-5-6-10(19-2)14(20-3)12(8)15/h5-6,9,13H,4,7,16H2,1-3H3. The number of hydrogen-bond acceptors (Lipinski definition) is 4. The van der Waals surface area contributed by atoms with Crippen LogP contribution < -0.4 is 15.2 Å². The molecule has 0 spiro atoms. The van der Waals surface area contributed by atoms with Gasteiger partial charge in [0.15, 0.2) is 11.5 Å². The monoisotopic (exact) mass is 298 g/mol. The smallest absolute Gasteiger partial charge is 0.224 e. The lowest BCUT2D eigenvalue weighted by atomic mass is 10.00. The Morgan fingerprint density at radius 2 is 2.10 bits per heavy atom. The van der Waals surface area contributed by atoms with E-state index in [0.29, 0.717) is 29.5 Å². The van der Waals surface area contributed by atoms with E-state index in [1.807, 2.05) is 13.0 Å². The van der Waals surface area contributed by atoms with Crippen molar-refractivity contribution in [2.75, 3.05) is 20.8 Å². The van der Waals surface area contributed by atoms with Gasteiger partial charge in [-0.3, -0.25) is 4.79 Å². The number of carbonyl (C=O) groups excluding carboxylic acids is 1. The Morgan fingerprint density at radius 1 is 1.40 bits per heavy atom. The molecule has 0 aliphatic carbocycles. The minimum atomic E-state index is -0.266. The summed E-state index contributed by atoms with van der Waals surface area (Å²) in [5, 5.41) is 0.445. The maximum absolute atomic E-state index is 11.9. The van der Waals surface area contributed by atoms with Crippen LogP contribution >= 0.6 is 11.6 Å². The minimum Gasteiger partial charge on any atom is -0.493 e. The van der Waals surface area contributed by atoms with Gasteiger partial charge in [0.25, 0.3) is 0 Å². The molecule has 0 saturated carbocycles. The first-order valence-electron chi connectivity index (χ1n) is 6.50. The Morgan fingerprint density at radius 3 is 2.65 bits per heavy atom. The molecule has 1 saturated heterocycles. The van der Waals surface area contributed by atoms with Gasteiger partial charge in [0.1, 0.15) is 0 Å². The number of halogens is 1. The molecule has 110 valence electrons. The fourth-order valence-electron chi connectivity index (χ4n) is 2.72. The Hall–Kier alpha value is -1.46. The summed E-state index contributed by atoms with van der Waals surface area (Å²) < 4.78 is 10.5. The first-order valence-corrected chi connectivity index (χ1v) is 6.88. The molecule has 1 aliphatic rings. The van der Waals surface area contributed by atoms with Gasteiger partial charge in [0.05, 0.1) is 25.3 Å². The first kappa shape index (κ1) is 14.9. The van der Waals surface area contributed by atoms with Gasteiger partial charge in [-0.25, -0.2) is 0 Å². The van der Waals surface area contributed by atoms with Gasteiger partial charge in [0.2, 0.25) is 5.91 Å². The van der Waals surface area contributed by atoms with Crippen LogP contribution in [0.2, 0.25) is 5.02 Å². The second kappa shape index (κ2) is 5.89. The van der Waals surface area contributed by atoms with Crippen LogP contribution in [0.15, 0.2) is 12.1 Å². The Kier molecular flexibility index (Phi) is 4.40. The number of benzene rings is 1. The van der Waals surface area contributed by atoms with E-state index in [4.69, 9.17) is 26.8 Å². The van der Waals surface area contributed by atoms with Gasteiger partial charge >= 0.3 is 0 Å². The molecule has 5 nitrogen and oxygen atoms in total. The lowest BCUT2D eigenvalue weighted by Crippen LogP contribution is -2.33. The Balaban J connectivity index is 2.49. The van der Waals surface area contributed by atoms with Crippen molar-refractivity contribution < 1.29 is 14.3 Å². The second-order valence-corrected chi connectivity index (χ2v) is 5.07. The summed E-state index contributed by atoms with van der Waals surface area (Å²) in [5.74, 6) is 1.08. The zero-order valence-corrected chi connectivity index (χ0v) is 12.6. The Labute approximate surface area is 123 Å².